The average molecular weight is 289 g/mol. The average Bonchev–Trinajstić information content (AvgIpc) is 2.83. The van der Waals surface area contributed by atoms with E-state index in [1.165, 1.54) is 0 Å². The number of alkyl halides is 2. The smallest absolute Gasteiger partial charge is 0.248 e. The van der Waals surface area contributed by atoms with Gasteiger partial charge in [-0.05, 0) is 25.8 Å². The predicted molar refractivity (Wildman–Crippen MR) is 72.9 cm³/mol. The van der Waals surface area contributed by atoms with Crippen molar-refractivity contribution >= 4 is 11.3 Å². The molecule has 6 heteroatoms. The van der Waals surface area contributed by atoms with E-state index in [1.54, 1.807) is 11.3 Å². The Morgan fingerprint density at radius 2 is 2.00 bits per heavy atom. The van der Waals surface area contributed by atoms with Gasteiger partial charge in [0.15, 0.2) is 0 Å². The Morgan fingerprint density at radius 3 is 2.68 bits per heavy atom. The lowest BCUT2D eigenvalue weighted by molar-refractivity contribution is -0.0382. The van der Waals surface area contributed by atoms with Gasteiger partial charge in [0.1, 0.15) is 10.0 Å². The molecule has 0 radical (unpaired) electrons. The van der Waals surface area contributed by atoms with E-state index < -0.39 is 5.92 Å². The maximum atomic E-state index is 13.1. The van der Waals surface area contributed by atoms with Crippen LogP contribution >= 0.6 is 11.3 Å². The topological polar surface area (TPSA) is 37.8 Å². The molecule has 2 rings (SSSR count). The van der Waals surface area contributed by atoms with Crippen molar-refractivity contribution in [3.05, 3.63) is 10.0 Å². The first kappa shape index (κ1) is 14.8. The third-order valence-corrected chi connectivity index (χ3v) is 4.64. The van der Waals surface area contributed by atoms with Crippen molar-refractivity contribution in [2.24, 2.45) is 0 Å². The summed E-state index contributed by atoms with van der Waals surface area (Å²) in [5.74, 6) is -2.27. The monoisotopic (exact) mass is 289 g/mol. The molecule has 0 amide bonds. The predicted octanol–water partition coefficient (Wildman–Crippen LogP) is 3.37. The quantitative estimate of drug-likeness (QED) is 0.816. The lowest BCUT2D eigenvalue weighted by Crippen LogP contribution is -2.23. The number of hydrogen-bond donors (Lipinski definition) is 1. The molecule has 0 saturated heterocycles. The summed E-state index contributed by atoms with van der Waals surface area (Å²) in [6.45, 7) is 4.06. The summed E-state index contributed by atoms with van der Waals surface area (Å²) < 4.78 is 26.2. The summed E-state index contributed by atoms with van der Waals surface area (Å²) in [7, 11) is 0. The van der Waals surface area contributed by atoms with Crippen LogP contribution in [0, 0.1) is 0 Å². The van der Waals surface area contributed by atoms with E-state index in [1.807, 2.05) is 0 Å². The second-order valence-corrected chi connectivity index (χ2v) is 6.26. The highest BCUT2D eigenvalue weighted by molar-refractivity contribution is 7.11. The number of hydrogen-bond acceptors (Lipinski definition) is 4. The van der Waals surface area contributed by atoms with Crippen LogP contribution in [0.3, 0.4) is 0 Å². The normalized spacial score (nSPS) is 19.7. The lowest BCUT2D eigenvalue weighted by atomic mass is 9.87. The first-order valence-corrected chi connectivity index (χ1v) is 7.83. The molecule has 0 aliphatic heterocycles. The van der Waals surface area contributed by atoms with Crippen LogP contribution in [-0.2, 0) is 6.42 Å². The molecule has 0 bridgehead atoms. The molecule has 1 aromatic rings. The molecular formula is C13H21F2N3S. The van der Waals surface area contributed by atoms with E-state index in [9.17, 15) is 8.78 Å². The minimum atomic E-state index is -2.46. The minimum absolute atomic E-state index is 0.00929. The van der Waals surface area contributed by atoms with Gasteiger partial charge in [-0.1, -0.05) is 6.92 Å². The van der Waals surface area contributed by atoms with Gasteiger partial charge in [-0.15, -0.1) is 21.5 Å². The number of aromatic nitrogens is 2. The van der Waals surface area contributed by atoms with Crippen molar-refractivity contribution in [2.75, 3.05) is 13.1 Å². The van der Waals surface area contributed by atoms with E-state index in [0.29, 0.717) is 12.8 Å². The molecule has 108 valence electrons. The third-order valence-electron chi connectivity index (χ3n) is 3.49. The summed E-state index contributed by atoms with van der Waals surface area (Å²) in [6.07, 6.45) is 3.05. The van der Waals surface area contributed by atoms with Crippen LogP contribution in [0.15, 0.2) is 0 Å². The van der Waals surface area contributed by atoms with Crippen molar-refractivity contribution < 1.29 is 8.78 Å². The number of halogens is 2. The van der Waals surface area contributed by atoms with Gasteiger partial charge in [0, 0.05) is 31.7 Å². The van der Waals surface area contributed by atoms with Crippen LogP contribution in [0.25, 0.3) is 0 Å². The molecule has 0 unspecified atom stereocenters. The molecular weight excluding hydrogens is 268 g/mol. The van der Waals surface area contributed by atoms with Gasteiger partial charge >= 0.3 is 0 Å². The van der Waals surface area contributed by atoms with E-state index in [0.717, 1.165) is 35.9 Å². The largest absolute Gasteiger partial charge is 0.316 e. The summed E-state index contributed by atoms with van der Waals surface area (Å²) in [5.41, 5.74) is 0. The van der Waals surface area contributed by atoms with Gasteiger partial charge in [0.2, 0.25) is 5.92 Å². The van der Waals surface area contributed by atoms with Crippen LogP contribution in [0.1, 0.15) is 55.0 Å². The maximum absolute atomic E-state index is 13.1. The first-order valence-electron chi connectivity index (χ1n) is 7.01. The fraction of sp³-hybridized carbons (Fsp3) is 0.846. The van der Waals surface area contributed by atoms with Crippen LogP contribution in [0.4, 0.5) is 8.78 Å². The maximum Gasteiger partial charge on any atom is 0.248 e. The van der Waals surface area contributed by atoms with Gasteiger partial charge in [0.05, 0.1) is 0 Å². The molecule has 19 heavy (non-hydrogen) atoms. The molecule has 1 aliphatic rings. The Balaban J connectivity index is 1.80. The Morgan fingerprint density at radius 1 is 1.26 bits per heavy atom. The van der Waals surface area contributed by atoms with Gasteiger partial charge in [-0.2, -0.15) is 0 Å². The SMILES string of the molecule is CCCNCCc1nnc(C2CCC(F)(F)CC2)s1. The van der Waals surface area contributed by atoms with E-state index >= 15 is 0 Å². The van der Waals surface area contributed by atoms with Gasteiger partial charge in [0.25, 0.3) is 0 Å². The van der Waals surface area contributed by atoms with Gasteiger partial charge in [-0.25, -0.2) is 8.78 Å². The zero-order valence-corrected chi connectivity index (χ0v) is 12.1. The highest BCUT2D eigenvalue weighted by atomic mass is 32.1. The number of nitrogens with zero attached hydrogens (tertiary/aromatic N) is 2. The Hall–Kier alpha value is -0.620. The molecule has 1 aliphatic carbocycles. The van der Waals surface area contributed by atoms with Crippen molar-refractivity contribution in [1.82, 2.24) is 15.5 Å². The van der Waals surface area contributed by atoms with Crippen molar-refractivity contribution in [1.29, 1.82) is 0 Å². The molecule has 1 saturated carbocycles. The standard InChI is InChI=1S/C13H21F2N3S/c1-2-8-16-9-5-11-17-18-12(19-11)10-3-6-13(14,15)7-4-10/h10,16H,2-9H2,1H3. The fourth-order valence-electron chi connectivity index (χ4n) is 2.32. The second kappa shape index (κ2) is 6.70. The second-order valence-electron chi connectivity index (χ2n) is 5.16. The molecule has 1 heterocycles. The van der Waals surface area contributed by atoms with Crippen LogP contribution < -0.4 is 5.32 Å². The van der Waals surface area contributed by atoms with Crippen LogP contribution in [0.2, 0.25) is 0 Å². The van der Waals surface area contributed by atoms with Crippen molar-refractivity contribution in [3.63, 3.8) is 0 Å². The summed E-state index contributed by atoms with van der Waals surface area (Å²) >= 11 is 1.59. The Labute approximate surface area is 116 Å². The molecule has 1 aromatic heterocycles. The van der Waals surface area contributed by atoms with Crippen LogP contribution in [-0.4, -0.2) is 29.2 Å². The Kier molecular flexibility index (Phi) is 5.21. The molecule has 0 spiro atoms. The summed E-state index contributed by atoms with van der Waals surface area (Å²) in [4.78, 5) is 0. The molecule has 1 N–H and O–H groups in total. The summed E-state index contributed by atoms with van der Waals surface area (Å²) in [6, 6.07) is 0. The number of nitrogens with one attached hydrogen (secondary N) is 1. The zero-order chi connectivity index (χ0) is 13.7. The van der Waals surface area contributed by atoms with E-state index in [-0.39, 0.29) is 18.8 Å². The third kappa shape index (κ3) is 4.45. The minimum Gasteiger partial charge on any atom is -0.316 e. The molecule has 1 fully saturated rings. The van der Waals surface area contributed by atoms with Crippen LogP contribution in [0.5, 0.6) is 0 Å². The molecule has 3 nitrogen and oxygen atoms in total. The summed E-state index contributed by atoms with van der Waals surface area (Å²) in [5, 5.41) is 13.6. The van der Waals surface area contributed by atoms with Crippen molar-refractivity contribution in [2.45, 2.75) is 57.3 Å². The van der Waals surface area contributed by atoms with Crippen molar-refractivity contribution in [3.8, 4) is 0 Å². The lowest BCUT2D eigenvalue weighted by Gasteiger charge is -2.26. The highest BCUT2D eigenvalue weighted by Gasteiger charge is 2.36. The zero-order valence-electron chi connectivity index (χ0n) is 11.3. The Bertz CT molecular complexity index is 385. The first-order chi connectivity index (χ1) is 9.11. The highest BCUT2D eigenvalue weighted by Crippen LogP contribution is 2.41. The molecule has 0 atom stereocenters. The van der Waals surface area contributed by atoms with Gasteiger partial charge < -0.3 is 5.32 Å². The van der Waals surface area contributed by atoms with E-state index in [4.69, 9.17) is 0 Å². The number of rotatable bonds is 6. The van der Waals surface area contributed by atoms with Gasteiger partial charge in [-0.3, -0.25) is 0 Å². The molecule has 0 aromatic carbocycles. The van der Waals surface area contributed by atoms with E-state index in [2.05, 4.69) is 22.4 Å². The fourth-order valence-corrected chi connectivity index (χ4v) is 3.33.